The number of hydrogen-bond acceptors (Lipinski definition) is 5. The van der Waals surface area contributed by atoms with E-state index in [9.17, 15) is 19.8 Å². The molecule has 7 heteroatoms. The molecule has 0 unspecified atom stereocenters. The molecule has 1 rings (SSSR count). The van der Waals surface area contributed by atoms with Crippen LogP contribution < -0.4 is 4.74 Å². The van der Waals surface area contributed by atoms with E-state index in [2.05, 4.69) is 0 Å². The molecule has 0 saturated carbocycles. The van der Waals surface area contributed by atoms with E-state index < -0.39 is 29.4 Å². The number of benzene rings is 1. The number of aromatic carboxylic acids is 1. The number of carboxylic acids is 1. The first kappa shape index (κ1) is 16.9. The van der Waals surface area contributed by atoms with Crippen LogP contribution in [0.4, 0.5) is 0 Å². The molecule has 0 aliphatic heterocycles. The summed E-state index contributed by atoms with van der Waals surface area (Å²) in [6.07, 6.45) is 0. The SMILES string of the molecule is CC(C)C(=O)Oc1cc(C(=O)O)cc(O)c1O.[Y]. The first-order chi connectivity index (χ1) is 7.82. The van der Waals surface area contributed by atoms with E-state index in [4.69, 9.17) is 9.84 Å². The smallest absolute Gasteiger partial charge is 0.335 e. The number of carbonyl (C=O) groups excluding carboxylic acids is 1. The Balaban J connectivity index is 0.00000289. The average Bonchev–Trinajstić information content (AvgIpc) is 2.23. The van der Waals surface area contributed by atoms with Crippen LogP contribution in [0.3, 0.4) is 0 Å². The van der Waals surface area contributed by atoms with Crippen molar-refractivity contribution < 1.29 is 62.4 Å². The molecule has 0 fully saturated rings. The van der Waals surface area contributed by atoms with Gasteiger partial charge in [0, 0.05) is 32.7 Å². The molecule has 18 heavy (non-hydrogen) atoms. The van der Waals surface area contributed by atoms with Gasteiger partial charge in [0.05, 0.1) is 11.5 Å². The molecule has 0 aromatic heterocycles. The maximum absolute atomic E-state index is 11.3. The standard InChI is InChI=1S/C11H12O6.Y/c1-5(2)11(16)17-8-4-6(10(14)15)3-7(12)9(8)13;/h3-5,12-13H,1-2H3,(H,14,15);. The van der Waals surface area contributed by atoms with Crippen LogP contribution in [-0.2, 0) is 37.5 Å². The Bertz CT molecular complexity index is 469. The minimum atomic E-state index is -1.30. The second-order valence-corrected chi connectivity index (χ2v) is 3.72. The summed E-state index contributed by atoms with van der Waals surface area (Å²) in [5, 5.41) is 27.4. The van der Waals surface area contributed by atoms with E-state index in [0.29, 0.717) is 0 Å². The van der Waals surface area contributed by atoms with E-state index in [-0.39, 0.29) is 44.0 Å². The van der Waals surface area contributed by atoms with Gasteiger partial charge in [-0.15, -0.1) is 0 Å². The van der Waals surface area contributed by atoms with Gasteiger partial charge in [-0.25, -0.2) is 4.79 Å². The van der Waals surface area contributed by atoms with Gasteiger partial charge in [-0.1, -0.05) is 13.8 Å². The molecule has 1 aromatic carbocycles. The molecule has 1 aromatic rings. The number of rotatable bonds is 3. The topological polar surface area (TPSA) is 104 Å². The zero-order valence-corrected chi connectivity index (χ0v) is 12.7. The van der Waals surface area contributed by atoms with Gasteiger partial charge in [0.2, 0.25) is 5.75 Å². The van der Waals surface area contributed by atoms with Crippen LogP contribution in [0.1, 0.15) is 24.2 Å². The largest absolute Gasteiger partial charge is 0.504 e. The van der Waals surface area contributed by atoms with Crippen molar-refractivity contribution in [2.24, 2.45) is 5.92 Å². The van der Waals surface area contributed by atoms with Gasteiger partial charge in [-0.3, -0.25) is 4.79 Å². The summed E-state index contributed by atoms with van der Waals surface area (Å²) in [5.74, 6) is -4.07. The predicted molar refractivity (Wildman–Crippen MR) is 57.2 cm³/mol. The third-order valence-corrected chi connectivity index (χ3v) is 1.98. The number of phenolic OH excluding ortho intramolecular Hbond substituents is 2. The van der Waals surface area contributed by atoms with Gasteiger partial charge in [0.1, 0.15) is 0 Å². The number of esters is 1. The van der Waals surface area contributed by atoms with Crippen molar-refractivity contribution in [1.29, 1.82) is 0 Å². The summed E-state index contributed by atoms with van der Waals surface area (Å²) in [7, 11) is 0. The molecular formula is C11H12O6Y. The number of phenols is 2. The van der Waals surface area contributed by atoms with Crippen LogP contribution in [0.2, 0.25) is 0 Å². The fourth-order valence-electron chi connectivity index (χ4n) is 1.02. The third-order valence-electron chi connectivity index (χ3n) is 1.98. The molecule has 0 atom stereocenters. The van der Waals surface area contributed by atoms with Crippen molar-refractivity contribution in [2.45, 2.75) is 13.8 Å². The second-order valence-electron chi connectivity index (χ2n) is 3.72. The monoisotopic (exact) mass is 329 g/mol. The molecule has 95 valence electrons. The van der Waals surface area contributed by atoms with E-state index in [1.807, 2.05) is 0 Å². The Kier molecular flexibility index (Phi) is 6.28. The number of ether oxygens (including phenoxy) is 1. The van der Waals surface area contributed by atoms with Gasteiger partial charge in [0.25, 0.3) is 0 Å². The number of aromatic hydroxyl groups is 2. The maximum atomic E-state index is 11.3. The van der Waals surface area contributed by atoms with Crippen molar-refractivity contribution >= 4 is 11.9 Å². The van der Waals surface area contributed by atoms with Crippen LogP contribution in [0.25, 0.3) is 0 Å². The van der Waals surface area contributed by atoms with Crippen LogP contribution >= 0.6 is 0 Å². The van der Waals surface area contributed by atoms with E-state index >= 15 is 0 Å². The van der Waals surface area contributed by atoms with E-state index in [1.54, 1.807) is 13.8 Å². The predicted octanol–water partition coefficient (Wildman–Crippen LogP) is 1.35. The molecular weight excluding hydrogens is 317 g/mol. The van der Waals surface area contributed by atoms with Crippen LogP contribution in [0.15, 0.2) is 12.1 Å². The quantitative estimate of drug-likeness (QED) is 0.439. The Hall–Kier alpha value is -1.14. The molecule has 0 bridgehead atoms. The molecule has 0 spiro atoms. The first-order valence-corrected chi connectivity index (χ1v) is 4.84. The van der Waals surface area contributed by atoms with E-state index in [0.717, 1.165) is 12.1 Å². The Labute approximate surface area is 128 Å². The van der Waals surface area contributed by atoms with Gasteiger partial charge in [-0.2, -0.15) is 0 Å². The van der Waals surface area contributed by atoms with Crippen LogP contribution in [-0.4, -0.2) is 27.3 Å². The third kappa shape index (κ3) is 3.96. The average molecular weight is 329 g/mol. The molecule has 0 heterocycles. The van der Waals surface area contributed by atoms with Gasteiger partial charge in [-0.05, 0) is 12.1 Å². The number of carboxylic acid groups (broad SMARTS) is 1. The molecule has 0 aliphatic carbocycles. The molecule has 6 nitrogen and oxygen atoms in total. The summed E-state index contributed by atoms with van der Waals surface area (Å²) in [6.45, 7) is 3.17. The van der Waals surface area contributed by atoms with Crippen molar-refractivity contribution in [3.05, 3.63) is 17.7 Å². The summed E-state index contributed by atoms with van der Waals surface area (Å²) < 4.78 is 4.77. The number of hydrogen-bond donors (Lipinski definition) is 3. The van der Waals surface area contributed by atoms with Crippen molar-refractivity contribution in [1.82, 2.24) is 0 Å². The zero-order chi connectivity index (χ0) is 13.2. The Morgan fingerprint density at radius 1 is 1.22 bits per heavy atom. The first-order valence-electron chi connectivity index (χ1n) is 4.84. The van der Waals surface area contributed by atoms with Crippen molar-refractivity contribution in [2.75, 3.05) is 0 Å². The van der Waals surface area contributed by atoms with Crippen molar-refractivity contribution in [3.63, 3.8) is 0 Å². The fourth-order valence-corrected chi connectivity index (χ4v) is 1.02. The van der Waals surface area contributed by atoms with Crippen LogP contribution in [0.5, 0.6) is 17.2 Å². The summed E-state index contributed by atoms with van der Waals surface area (Å²) >= 11 is 0. The zero-order valence-electron chi connectivity index (χ0n) is 9.88. The molecule has 0 amide bonds. The Morgan fingerprint density at radius 2 is 1.78 bits per heavy atom. The van der Waals surface area contributed by atoms with E-state index in [1.165, 1.54) is 0 Å². The Morgan fingerprint density at radius 3 is 2.22 bits per heavy atom. The van der Waals surface area contributed by atoms with Crippen LogP contribution in [0, 0.1) is 5.92 Å². The summed E-state index contributed by atoms with van der Waals surface area (Å²) in [5.41, 5.74) is -0.285. The minimum absolute atomic E-state index is 0. The minimum Gasteiger partial charge on any atom is -0.504 e. The summed E-state index contributed by atoms with van der Waals surface area (Å²) in [4.78, 5) is 22.0. The summed E-state index contributed by atoms with van der Waals surface area (Å²) in [6, 6.07) is 1.84. The molecule has 1 radical (unpaired) electrons. The van der Waals surface area contributed by atoms with Crippen molar-refractivity contribution in [3.8, 4) is 17.2 Å². The second kappa shape index (κ2) is 6.70. The maximum Gasteiger partial charge on any atom is 0.335 e. The molecule has 0 saturated heterocycles. The molecule has 3 N–H and O–H groups in total. The van der Waals surface area contributed by atoms with Gasteiger partial charge >= 0.3 is 11.9 Å². The molecule has 0 aliphatic rings. The normalized spacial score (nSPS) is 9.72. The van der Waals surface area contributed by atoms with Gasteiger partial charge in [0.15, 0.2) is 11.5 Å². The van der Waals surface area contributed by atoms with Gasteiger partial charge < -0.3 is 20.1 Å². The number of carbonyl (C=O) groups is 2. The fraction of sp³-hybridized carbons (Fsp3) is 0.273.